The van der Waals surface area contributed by atoms with Crippen molar-refractivity contribution in [3.8, 4) is 0 Å². The van der Waals surface area contributed by atoms with Gasteiger partial charge in [0, 0.05) is 23.3 Å². The lowest BCUT2D eigenvalue weighted by Gasteiger charge is -2.47. The van der Waals surface area contributed by atoms with Gasteiger partial charge < -0.3 is 9.32 Å². The van der Waals surface area contributed by atoms with Crippen LogP contribution >= 0.6 is 11.8 Å². The van der Waals surface area contributed by atoms with Gasteiger partial charge in [-0.3, -0.25) is 9.69 Å². The van der Waals surface area contributed by atoms with E-state index in [-0.39, 0.29) is 29.7 Å². The van der Waals surface area contributed by atoms with Crippen LogP contribution in [0.5, 0.6) is 0 Å². The number of benzene rings is 2. The fourth-order valence-electron chi connectivity index (χ4n) is 5.27. The number of amidine groups is 1. The second-order valence-electron chi connectivity index (χ2n) is 9.91. The fraction of sp³-hybridized carbons (Fsp3) is 0.310. The molecule has 0 N–H and O–H groups in total. The third-order valence-corrected chi connectivity index (χ3v) is 7.88. The number of amides is 1. The monoisotopic (exact) mass is 503 g/mol. The van der Waals surface area contributed by atoms with Gasteiger partial charge in [-0.05, 0) is 92.9 Å². The lowest BCUT2D eigenvalue weighted by molar-refractivity contribution is -0.122. The number of hydrogen-bond acceptors (Lipinski definition) is 5. The third-order valence-electron chi connectivity index (χ3n) is 6.87. The summed E-state index contributed by atoms with van der Waals surface area (Å²) in [7, 11) is 0. The molecule has 0 bridgehead atoms. The molecular weight excluding hydrogens is 473 g/mol. The van der Waals surface area contributed by atoms with Crippen LogP contribution in [-0.2, 0) is 11.3 Å². The first-order chi connectivity index (χ1) is 17.3. The van der Waals surface area contributed by atoms with Crippen LogP contribution in [0.15, 0.2) is 75.2 Å². The van der Waals surface area contributed by atoms with Crippen LogP contribution in [0.1, 0.15) is 56.9 Å². The van der Waals surface area contributed by atoms with Crippen molar-refractivity contribution in [2.24, 2.45) is 4.99 Å². The summed E-state index contributed by atoms with van der Waals surface area (Å²) in [5.74, 6) is 0.395. The van der Waals surface area contributed by atoms with Gasteiger partial charge in [-0.1, -0.05) is 25.1 Å². The normalized spacial score (nSPS) is 21.5. The van der Waals surface area contributed by atoms with E-state index in [2.05, 4.69) is 32.6 Å². The van der Waals surface area contributed by atoms with E-state index in [0.29, 0.717) is 21.4 Å². The molecule has 5 rings (SSSR count). The SMILES string of the molecule is CCN1c2cc(F)c(/C=C3/SC(=Nc4ccccc4)N(Cc4ccco4)C3=O)cc2C(C)CC1(C)C. The Bertz CT molecular complexity index is 1330. The molecule has 2 aliphatic rings. The highest BCUT2D eigenvalue weighted by atomic mass is 32.2. The molecular formula is C29H30FN3O2S. The molecule has 36 heavy (non-hydrogen) atoms. The summed E-state index contributed by atoms with van der Waals surface area (Å²) < 4.78 is 20.9. The van der Waals surface area contributed by atoms with Gasteiger partial charge in [0.25, 0.3) is 5.91 Å². The molecule has 2 aliphatic heterocycles. The lowest BCUT2D eigenvalue weighted by atomic mass is 9.79. The van der Waals surface area contributed by atoms with Gasteiger partial charge >= 0.3 is 0 Å². The summed E-state index contributed by atoms with van der Waals surface area (Å²) in [6.45, 7) is 9.77. The molecule has 1 atom stereocenters. The first kappa shape index (κ1) is 24.4. The fourth-order valence-corrected chi connectivity index (χ4v) is 6.26. The maximum absolute atomic E-state index is 15.4. The number of thioether (sulfide) groups is 1. The zero-order chi connectivity index (χ0) is 25.4. The van der Waals surface area contributed by atoms with Gasteiger partial charge in [0.15, 0.2) is 5.17 Å². The number of furan rings is 1. The number of para-hydroxylation sites is 1. The van der Waals surface area contributed by atoms with E-state index in [1.165, 1.54) is 11.8 Å². The van der Waals surface area contributed by atoms with Crippen LogP contribution in [0.4, 0.5) is 15.8 Å². The second-order valence-corrected chi connectivity index (χ2v) is 10.9. The van der Waals surface area contributed by atoms with Crippen LogP contribution in [-0.4, -0.2) is 28.1 Å². The smallest absolute Gasteiger partial charge is 0.267 e. The Balaban J connectivity index is 1.53. The Morgan fingerprint density at radius 2 is 1.97 bits per heavy atom. The molecule has 3 aromatic rings. The van der Waals surface area contributed by atoms with E-state index in [4.69, 9.17) is 9.41 Å². The van der Waals surface area contributed by atoms with E-state index in [9.17, 15) is 4.79 Å². The molecule has 0 radical (unpaired) electrons. The van der Waals surface area contributed by atoms with E-state index in [1.54, 1.807) is 29.4 Å². The largest absolute Gasteiger partial charge is 0.467 e. The summed E-state index contributed by atoms with van der Waals surface area (Å²) in [6, 6.07) is 16.7. The molecule has 2 aromatic carbocycles. The molecule has 0 saturated carbocycles. The van der Waals surface area contributed by atoms with Crippen molar-refractivity contribution in [3.05, 3.63) is 88.5 Å². The Morgan fingerprint density at radius 1 is 1.19 bits per heavy atom. The van der Waals surface area contributed by atoms with Crippen molar-refractivity contribution in [1.29, 1.82) is 0 Å². The summed E-state index contributed by atoms with van der Waals surface area (Å²) in [5, 5.41) is 0.541. The lowest BCUT2D eigenvalue weighted by Crippen LogP contribution is -2.48. The molecule has 1 fully saturated rings. The van der Waals surface area contributed by atoms with Crippen LogP contribution in [0, 0.1) is 5.82 Å². The number of aliphatic imine (C=N–C) groups is 1. The molecule has 1 amide bonds. The third kappa shape index (κ3) is 4.60. The number of fused-ring (bicyclic) bond motifs is 1. The van der Waals surface area contributed by atoms with Crippen molar-refractivity contribution >= 4 is 40.3 Å². The first-order valence-electron chi connectivity index (χ1n) is 12.3. The van der Waals surface area contributed by atoms with E-state index in [1.807, 2.05) is 42.5 Å². The molecule has 3 heterocycles. The minimum atomic E-state index is -0.330. The van der Waals surface area contributed by atoms with Crippen molar-refractivity contribution in [2.45, 2.75) is 52.1 Å². The highest BCUT2D eigenvalue weighted by Gasteiger charge is 2.37. The summed E-state index contributed by atoms with van der Waals surface area (Å²) in [5.41, 5.74) is 3.18. The summed E-state index contributed by atoms with van der Waals surface area (Å²) in [6.07, 6.45) is 4.22. The number of hydrogen-bond donors (Lipinski definition) is 0. The van der Waals surface area contributed by atoms with E-state index in [0.717, 1.165) is 29.9 Å². The second kappa shape index (κ2) is 9.62. The number of carbonyl (C=O) groups is 1. The van der Waals surface area contributed by atoms with Gasteiger partial charge in [0.2, 0.25) is 0 Å². The van der Waals surface area contributed by atoms with E-state index >= 15 is 4.39 Å². The van der Waals surface area contributed by atoms with E-state index < -0.39 is 0 Å². The summed E-state index contributed by atoms with van der Waals surface area (Å²) in [4.78, 5) is 22.5. The number of carbonyl (C=O) groups excluding carboxylic acids is 1. The maximum Gasteiger partial charge on any atom is 0.267 e. The molecule has 0 spiro atoms. The molecule has 1 aromatic heterocycles. The quantitative estimate of drug-likeness (QED) is 0.342. The molecule has 1 saturated heterocycles. The Labute approximate surface area is 215 Å². The summed E-state index contributed by atoms with van der Waals surface area (Å²) >= 11 is 1.26. The van der Waals surface area contributed by atoms with Gasteiger partial charge in [-0.2, -0.15) is 0 Å². The van der Waals surface area contributed by atoms with Crippen LogP contribution < -0.4 is 4.90 Å². The van der Waals surface area contributed by atoms with Crippen molar-refractivity contribution < 1.29 is 13.6 Å². The molecule has 1 unspecified atom stereocenters. The zero-order valence-electron chi connectivity index (χ0n) is 21.0. The molecule has 7 heteroatoms. The first-order valence-corrected chi connectivity index (χ1v) is 13.1. The molecule has 5 nitrogen and oxygen atoms in total. The highest BCUT2D eigenvalue weighted by Crippen LogP contribution is 2.45. The Hall–Kier alpha value is -3.32. The van der Waals surface area contributed by atoms with Crippen molar-refractivity contribution in [2.75, 3.05) is 11.4 Å². The van der Waals surface area contributed by atoms with Crippen LogP contribution in [0.3, 0.4) is 0 Å². The average molecular weight is 504 g/mol. The number of rotatable bonds is 5. The average Bonchev–Trinajstić information content (AvgIpc) is 3.45. The van der Waals surface area contributed by atoms with Crippen molar-refractivity contribution in [1.82, 2.24) is 4.90 Å². The Kier molecular flexibility index (Phi) is 6.51. The van der Waals surface area contributed by atoms with Crippen molar-refractivity contribution in [3.63, 3.8) is 0 Å². The molecule has 0 aliphatic carbocycles. The predicted molar refractivity (Wildman–Crippen MR) is 145 cm³/mol. The van der Waals surface area contributed by atoms with Gasteiger partial charge in [-0.15, -0.1) is 0 Å². The highest BCUT2D eigenvalue weighted by molar-refractivity contribution is 8.18. The number of halogens is 1. The van der Waals surface area contributed by atoms with Gasteiger partial charge in [0.05, 0.1) is 23.4 Å². The number of nitrogens with zero attached hydrogens (tertiary/aromatic N) is 3. The minimum Gasteiger partial charge on any atom is -0.467 e. The van der Waals surface area contributed by atoms with Crippen LogP contribution in [0.25, 0.3) is 6.08 Å². The zero-order valence-corrected chi connectivity index (χ0v) is 21.8. The van der Waals surface area contributed by atoms with Crippen LogP contribution in [0.2, 0.25) is 0 Å². The predicted octanol–water partition coefficient (Wildman–Crippen LogP) is 7.34. The Morgan fingerprint density at radius 3 is 2.67 bits per heavy atom. The maximum atomic E-state index is 15.4. The topological polar surface area (TPSA) is 49.0 Å². The number of anilines is 1. The van der Waals surface area contributed by atoms with Gasteiger partial charge in [0.1, 0.15) is 11.6 Å². The molecule has 186 valence electrons. The van der Waals surface area contributed by atoms with Gasteiger partial charge in [-0.25, -0.2) is 9.38 Å². The minimum absolute atomic E-state index is 0.0417. The standard InChI is InChI=1S/C29H30FN3O2S/c1-5-33-25-16-24(30)20(14-23(25)19(2)17-29(33,3)4)15-26-27(34)32(18-22-12-9-13-35-22)28(36-26)31-21-10-7-6-8-11-21/h6-16,19H,5,17-18H2,1-4H3/b26-15+,31-28?.